The summed E-state index contributed by atoms with van der Waals surface area (Å²) >= 11 is 0. The van der Waals surface area contributed by atoms with Crippen molar-refractivity contribution in [2.45, 2.75) is 57.7 Å². The Labute approximate surface area is 347 Å². The van der Waals surface area contributed by atoms with Crippen LogP contribution >= 0.6 is 0 Å². The number of aryl methyl sites for hydroxylation is 1. The molecule has 3 aliphatic rings. The Morgan fingerprint density at radius 2 is 0.845 bits per heavy atom. The maximum Gasteiger partial charge on any atom is 0.0726 e. The van der Waals surface area contributed by atoms with Gasteiger partial charge in [-0.1, -0.05) is 180 Å². The molecule has 1 spiro atoms. The molecule has 0 amide bonds. The first-order valence-electron chi connectivity index (χ1n) is 22.0. The summed E-state index contributed by atoms with van der Waals surface area (Å²) in [7, 11) is 0. The molecule has 0 saturated heterocycles. The number of fused-ring (bicyclic) bond motifs is 13. The highest BCUT2D eigenvalue weighted by molar-refractivity contribution is 5.97. The average Bonchev–Trinajstić information content (AvgIpc) is 3.81. The Morgan fingerprint density at radius 3 is 1.41 bits per heavy atom. The van der Waals surface area contributed by atoms with Crippen LogP contribution in [0, 0.1) is 6.85 Å². The molecule has 0 aliphatic heterocycles. The van der Waals surface area contributed by atoms with Gasteiger partial charge in [0.1, 0.15) is 0 Å². The number of hydrogen-bond acceptors (Lipinski definition) is 1. The van der Waals surface area contributed by atoms with Gasteiger partial charge in [0, 0.05) is 26.6 Å². The third kappa shape index (κ3) is 4.83. The summed E-state index contributed by atoms with van der Waals surface area (Å²) in [6.45, 7) is 9.48. The lowest BCUT2D eigenvalue weighted by atomic mass is 9.69. The minimum atomic E-state index is -2.14. The fourth-order valence-corrected chi connectivity index (χ4v) is 10.5. The van der Waals surface area contributed by atoms with Crippen LogP contribution in [-0.4, -0.2) is 0 Å². The predicted molar refractivity (Wildman–Crippen MR) is 244 cm³/mol. The predicted octanol–water partition coefficient (Wildman–Crippen LogP) is 15.1. The van der Waals surface area contributed by atoms with Gasteiger partial charge in [0.15, 0.2) is 0 Å². The summed E-state index contributed by atoms with van der Waals surface area (Å²) in [5, 5.41) is 0. The highest BCUT2D eigenvalue weighted by atomic mass is 15.1. The highest BCUT2D eigenvalue weighted by Crippen LogP contribution is 2.64. The minimum absolute atomic E-state index is 0.0186. The fraction of sp³-hybridized carbons (Fsp3) is 0.158. The van der Waals surface area contributed by atoms with Crippen LogP contribution in [0.3, 0.4) is 0 Å². The van der Waals surface area contributed by atoms with Gasteiger partial charge in [-0.15, -0.1) is 0 Å². The first-order chi connectivity index (χ1) is 29.3. The first-order valence-corrected chi connectivity index (χ1v) is 20.5. The number of rotatable bonds is 4. The zero-order valence-corrected chi connectivity index (χ0v) is 33.7. The number of benzene rings is 8. The molecule has 0 heterocycles. The van der Waals surface area contributed by atoms with Gasteiger partial charge in [-0.05, 0) is 132 Å². The molecule has 3 aliphatic carbocycles. The largest absolute Gasteiger partial charge is 0.310 e. The van der Waals surface area contributed by atoms with Crippen LogP contribution in [0.5, 0.6) is 0 Å². The molecule has 1 heteroatoms. The lowest BCUT2D eigenvalue weighted by molar-refractivity contribution is 0.588. The molecule has 0 saturated carbocycles. The number of anilines is 3. The van der Waals surface area contributed by atoms with Gasteiger partial charge in [-0.25, -0.2) is 0 Å². The monoisotopic (exact) mass is 748 g/mol. The Balaban J connectivity index is 1.13. The van der Waals surface area contributed by atoms with Crippen LogP contribution in [-0.2, 0) is 16.2 Å². The second-order valence-electron chi connectivity index (χ2n) is 17.9. The van der Waals surface area contributed by atoms with E-state index in [1.54, 1.807) is 12.1 Å². The molecule has 11 rings (SSSR count). The van der Waals surface area contributed by atoms with Crippen molar-refractivity contribution in [2.24, 2.45) is 0 Å². The van der Waals surface area contributed by atoms with E-state index < -0.39 is 12.3 Å². The second-order valence-corrected chi connectivity index (χ2v) is 17.9. The second kappa shape index (κ2) is 12.3. The lowest BCUT2D eigenvalue weighted by Crippen LogP contribution is -2.27. The van der Waals surface area contributed by atoms with E-state index in [1.807, 2.05) is 12.1 Å². The zero-order valence-electron chi connectivity index (χ0n) is 36.7. The van der Waals surface area contributed by atoms with Crippen molar-refractivity contribution >= 4 is 17.1 Å². The molecule has 280 valence electrons. The van der Waals surface area contributed by atoms with Crippen molar-refractivity contribution in [3.63, 3.8) is 0 Å². The maximum atomic E-state index is 7.87. The molecule has 58 heavy (non-hydrogen) atoms. The summed E-state index contributed by atoms with van der Waals surface area (Å²) in [5.74, 6) is 0. The Bertz CT molecular complexity index is 3060. The van der Waals surface area contributed by atoms with E-state index in [0.717, 1.165) is 28.2 Å². The quantitative estimate of drug-likeness (QED) is 0.173. The third-order valence-electron chi connectivity index (χ3n) is 13.4. The molecular weight excluding hydrogens is 699 g/mol. The minimum Gasteiger partial charge on any atom is -0.310 e. The highest BCUT2D eigenvalue weighted by Gasteiger charge is 2.52. The smallest absolute Gasteiger partial charge is 0.0726 e. The van der Waals surface area contributed by atoms with Crippen LogP contribution < -0.4 is 4.90 Å². The van der Waals surface area contributed by atoms with Gasteiger partial charge in [-0.2, -0.15) is 0 Å². The molecule has 1 nitrogen and oxygen atoms in total. The summed E-state index contributed by atoms with van der Waals surface area (Å²) in [4.78, 5) is 2.42. The molecule has 0 N–H and O–H groups in total. The average molecular weight is 749 g/mol. The Hall–Kier alpha value is -6.44. The lowest BCUT2D eigenvalue weighted by Gasteiger charge is -2.33. The summed E-state index contributed by atoms with van der Waals surface area (Å²) in [6, 6.07) is 64.2. The number of hydrogen-bond donors (Lipinski definition) is 0. The molecule has 8 aromatic carbocycles. The molecule has 0 fully saturated rings. The summed E-state index contributed by atoms with van der Waals surface area (Å²) < 4.78 is 23.6. The van der Waals surface area contributed by atoms with Crippen LogP contribution in [0.2, 0.25) is 0 Å². The van der Waals surface area contributed by atoms with Crippen LogP contribution in [0.25, 0.3) is 44.5 Å². The summed E-state index contributed by atoms with van der Waals surface area (Å²) in [5.41, 5.74) is 22.0. The van der Waals surface area contributed by atoms with E-state index in [0.29, 0.717) is 5.56 Å². The standard InChI is InChI=1S/C57H47N/c1-36-19-21-37(22-20-36)38-23-26-40(27-24-38)58(41-28-31-46-43-13-7-10-16-49(43)56(5,6)52(46)34-41)42-29-32-48-45-15-9-12-18-51(45)57(54(48)35-42)50-17-11-8-14-44(50)47-30-25-39(33-53(47)57)55(2,3)4/h7-35H,1-6H3/i1D3. The van der Waals surface area contributed by atoms with Gasteiger partial charge in [0.2, 0.25) is 0 Å². The van der Waals surface area contributed by atoms with Crippen molar-refractivity contribution in [3.05, 3.63) is 220 Å². The van der Waals surface area contributed by atoms with Gasteiger partial charge in [0.05, 0.1) is 5.41 Å². The number of nitrogens with zero attached hydrogens (tertiary/aromatic N) is 1. The van der Waals surface area contributed by atoms with Crippen molar-refractivity contribution in [1.29, 1.82) is 0 Å². The normalized spacial score (nSPS) is 17.3. The topological polar surface area (TPSA) is 3.24 Å². The fourth-order valence-electron chi connectivity index (χ4n) is 10.5. The van der Waals surface area contributed by atoms with Crippen LogP contribution in [0.15, 0.2) is 176 Å². The third-order valence-corrected chi connectivity index (χ3v) is 13.4. The molecule has 1 atom stereocenters. The van der Waals surface area contributed by atoms with Gasteiger partial charge < -0.3 is 4.90 Å². The molecule has 0 bridgehead atoms. The van der Waals surface area contributed by atoms with Gasteiger partial charge in [0.25, 0.3) is 0 Å². The van der Waals surface area contributed by atoms with Crippen molar-refractivity contribution < 1.29 is 4.11 Å². The molecule has 0 aromatic heterocycles. The van der Waals surface area contributed by atoms with E-state index >= 15 is 0 Å². The summed E-state index contributed by atoms with van der Waals surface area (Å²) in [6.07, 6.45) is 0. The van der Waals surface area contributed by atoms with Crippen molar-refractivity contribution in [2.75, 3.05) is 4.90 Å². The van der Waals surface area contributed by atoms with E-state index in [4.69, 9.17) is 4.11 Å². The maximum absolute atomic E-state index is 7.87. The Morgan fingerprint density at radius 1 is 0.414 bits per heavy atom. The first kappa shape index (κ1) is 31.6. The molecule has 8 aromatic rings. The van der Waals surface area contributed by atoms with Gasteiger partial charge in [-0.3, -0.25) is 0 Å². The van der Waals surface area contributed by atoms with Crippen LogP contribution in [0.4, 0.5) is 17.1 Å². The van der Waals surface area contributed by atoms with E-state index in [-0.39, 0.29) is 10.8 Å². The zero-order chi connectivity index (χ0) is 42.1. The van der Waals surface area contributed by atoms with Gasteiger partial charge >= 0.3 is 0 Å². The van der Waals surface area contributed by atoms with E-state index in [1.165, 1.54) is 72.3 Å². The molecule has 0 radical (unpaired) electrons. The SMILES string of the molecule is [2H]C([2H])([2H])c1ccc(-c2ccc(N(c3ccc4c(c3)C(C)(C)c3ccccc3-4)c3ccc4c(c3)C3(c5ccccc5-4)c4ccccc4-c4ccc(C(C)(C)C)cc43)cc2)cc1. The van der Waals surface area contributed by atoms with Crippen molar-refractivity contribution in [1.82, 2.24) is 0 Å². The van der Waals surface area contributed by atoms with Crippen LogP contribution in [0.1, 0.15) is 83.2 Å². The van der Waals surface area contributed by atoms with Crippen molar-refractivity contribution in [3.8, 4) is 44.5 Å². The van der Waals surface area contributed by atoms with E-state index in [9.17, 15) is 0 Å². The molecular formula is C57H47N. The van der Waals surface area contributed by atoms with E-state index in [2.05, 4.69) is 191 Å². The Kier molecular flexibility index (Phi) is 6.70. The molecule has 1 unspecified atom stereocenters.